The number of rotatable bonds is 11. The van der Waals surface area contributed by atoms with Crippen molar-refractivity contribution in [2.45, 2.75) is 49.6 Å². The smallest absolute Gasteiger partial charge is 0.242 e. The third-order valence-electron chi connectivity index (χ3n) is 7.10. The number of carbonyl (C=O) groups excluding carboxylic acids is 3. The molecule has 0 aliphatic carbocycles. The SMILES string of the molecule is Cc1ccc(S(=O)(=O)CC(=O)NC[C@H]2CCCN2C(=O)CN2CCC[C@H](NS(=O)(=O)C=Cc3ccc(Cl)s3)C2=O)cc1. The molecule has 2 aromatic rings. The second kappa shape index (κ2) is 13.7. The normalized spacial score (nSPS) is 19.9. The Kier molecular flexibility index (Phi) is 10.5. The lowest BCUT2D eigenvalue weighted by atomic mass is 10.1. The summed E-state index contributed by atoms with van der Waals surface area (Å²) >= 11 is 7.10. The van der Waals surface area contributed by atoms with Gasteiger partial charge >= 0.3 is 0 Å². The van der Waals surface area contributed by atoms with Gasteiger partial charge in [0, 0.05) is 36.0 Å². The molecule has 2 atom stereocenters. The first-order valence-corrected chi connectivity index (χ1v) is 17.8. The third-order valence-corrected chi connectivity index (χ3v) is 11.0. The second-order valence-corrected chi connectivity index (χ2v) is 15.7. The molecule has 2 N–H and O–H groups in total. The molecule has 2 aliphatic heterocycles. The molecule has 0 radical (unpaired) electrons. The van der Waals surface area contributed by atoms with Gasteiger partial charge in [-0.1, -0.05) is 29.3 Å². The first-order valence-electron chi connectivity index (χ1n) is 13.4. The first kappa shape index (κ1) is 32.1. The number of benzene rings is 1. The molecule has 2 saturated heterocycles. The van der Waals surface area contributed by atoms with Crippen molar-refractivity contribution in [1.29, 1.82) is 0 Å². The van der Waals surface area contributed by atoms with Crippen LogP contribution in [-0.4, -0.2) is 88.4 Å². The van der Waals surface area contributed by atoms with Crippen LogP contribution in [0, 0.1) is 6.92 Å². The van der Waals surface area contributed by atoms with Crippen LogP contribution in [0.25, 0.3) is 6.08 Å². The average molecular weight is 657 g/mol. The summed E-state index contributed by atoms with van der Waals surface area (Å²) in [6, 6.07) is 8.26. The number of likely N-dealkylation sites (tertiary alicyclic amines) is 2. The Bertz CT molecular complexity index is 1560. The molecule has 1 aromatic heterocycles. The van der Waals surface area contributed by atoms with E-state index in [1.54, 1.807) is 29.2 Å². The number of halogens is 1. The van der Waals surface area contributed by atoms with Gasteiger partial charge in [0.2, 0.25) is 27.7 Å². The molecular formula is C27H33ClN4O7S3. The minimum Gasteiger partial charge on any atom is -0.353 e. The number of hydrogen-bond acceptors (Lipinski definition) is 8. The van der Waals surface area contributed by atoms with Gasteiger partial charge in [-0.05, 0) is 62.9 Å². The van der Waals surface area contributed by atoms with Gasteiger partial charge in [0.25, 0.3) is 0 Å². The van der Waals surface area contributed by atoms with Crippen LogP contribution in [0.2, 0.25) is 4.34 Å². The van der Waals surface area contributed by atoms with E-state index in [1.807, 2.05) is 6.92 Å². The Morgan fingerprint density at radius 1 is 1.05 bits per heavy atom. The maximum absolute atomic E-state index is 13.2. The number of amides is 3. The van der Waals surface area contributed by atoms with Crippen LogP contribution in [0.4, 0.5) is 0 Å². The van der Waals surface area contributed by atoms with Gasteiger partial charge in [-0.2, -0.15) is 4.72 Å². The monoisotopic (exact) mass is 656 g/mol. The Labute approximate surface area is 254 Å². The third kappa shape index (κ3) is 8.63. The maximum atomic E-state index is 13.2. The van der Waals surface area contributed by atoms with Crippen LogP contribution in [0.15, 0.2) is 46.7 Å². The molecule has 15 heteroatoms. The molecule has 0 saturated carbocycles. The molecular weight excluding hydrogens is 624 g/mol. The molecule has 0 spiro atoms. The molecule has 3 heterocycles. The van der Waals surface area contributed by atoms with Gasteiger partial charge in [0.1, 0.15) is 11.8 Å². The number of sulfonamides is 1. The molecule has 1 aromatic carbocycles. The van der Waals surface area contributed by atoms with E-state index in [4.69, 9.17) is 11.6 Å². The lowest BCUT2D eigenvalue weighted by molar-refractivity contribution is -0.143. The number of thiophene rings is 1. The van der Waals surface area contributed by atoms with Crippen LogP contribution in [0.3, 0.4) is 0 Å². The molecule has 2 aliphatic rings. The summed E-state index contributed by atoms with van der Waals surface area (Å²) in [5.41, 5.74) is 0.903. The van der Waals surface area contributed by atoms with Crippen molar-refractivity contribution in [3.8, 4) is 0 Å². The summed E-state index contributed by atoms with van der Waals surface area (Å²) in [5, 5.41) is 3.62. The maximum Gasteiger partial charge on any atom is 0.242 e. The zero-order valence-corrected chi connectivity index (χ0v) is 26.2. The summed E-state index contributed by atoms with van der Waals surface area (Å²) < 4.78 is 53.2. The molecule has 42 heavy (non-hydrogen) atoms. The van der Waals surface area contributed by atoms with E-state index < -0.39 is 43.5 Å². The number of aryl methyl sites for hydroxylation is 1. The lowest BCUT2D eigenvalue weighted by Gasteiger charge is -2.34. The zero-order valence-electron chi connectivity index (χ0n) is 23.0. The van der Waals surface area contributed by atoms with Gasteiger partial charge < -0.3 is 15.1 Å². The molecule has 4 rings (SSSR count). The Morgan fingerprint density at radius 3 is 2.45 bits per heavy atom. The van der Waals surface area contributed by atoms with E-state index in [-0.39, 0.29) is 29.9 Å². The van der Waals surface area contributed by atoms with Crippen molar-refractivity contribution < 1.29 is 31.2 Å². The van der Waals surface area contributed by atoms with Crippen LogP contribution in [-0.2, 0) is 34.2 Å². The Hall–Kier alpha value is -2.78. The van der Waals surface area contributed by atoms with Crippen LogP contribution < -0.4 is 10.0 Å². The molecule has 2 fully saturated rings. The zero-order chi connectivity index (χ0) is 30.5. The highest BCUT2D eigenvalue weighted by Crippen LogP contribution is 2.23. The van der Waals surface area contributed by atoms with Gasteiger partial charge in [-0.3, -0.25) is 14.4 Å². The van der Waals surface area contributed by atoms with Crippen molar-refractivity contribution in [3.05, 3.63) is 56.6 Å². The van der Waals surface area contributed by atoms with Gasteiger partial charge in [-0.15, -0.1) is 11.3 Å². The van der Waals surface area contributed by atoms with Crippen molar-refractivity contribution >= 4 is 66.6 Å². The van der Waals surface area contributed by atoms with E-state index >= 15 is 0 Å². The van der Waals surface area contributed by atoms with E-state index in [0.717, 1.165) is 11.0 Å². The highest BCUT2D eigenvalue weighted by molar-refractivity contribution is 7.92. The van der Waals surface area contributed by atoms with E-state index in [0.29, 0.717) is 48.0 Å². The van der Waals surface area contributed by atoms with Crippen LogP contribution >= 0.6 is 22.9 Å². The minimum atomic E-state index is -3.92. The van der Waals surface area contributed by atoms with E-state index in [1.165, 1.54) is 34.4 Å². The summed E-state index contributed by atoms with van der Waals surface area (Å²) in [6.45, 7) is 2.47. The summed E-state index contributed by atoms with van der Waals surface area (Å²) in [6.07, 6.45) is 3.55. The first-order chi connectivity index (χ1) is 19.8. The van der Waals surface area contributed by atoms with E-state index in [9.17, 15) is 31.2 Å². The van der Waals surface area contributed by atoms with Crippen molar-refractivity contribution in [2.24, 2.45) is 0 Å². The molecule has 0 unspecified atom stereocenters. The van der Waals surface area contributed by atoms with Crippen LogP contribution in [0.5, 0.6) is 0 Å². The average Bonchev–Trinajstić information content (AvgIpc) is 3.57. The van der Waals surface area contributed by atoms with Crippen molar-refractivity contribution in [2.75, 3.05) is 31.9 Å². The van der Waals surface area contributed by atoms with E-state index in [2.05, 4.69) is 10.0 Å². The Morgan fingerprint density at radius 2 is 1.76 bits per heavy atom. The lowest BCUT2D eigenvalue weighted by Crippen LogP contribution is -2.55. The van der Waals surface area contributed by atoms with Gasteiger partial charge in [0.15, 0.2) is 9.84 Å². The fourth-order valence-electron chi connectivity index (χ4n) is 4.93. The predicted octanol–water partition coefficient (Wildman–Crippen LogP) is 2.17. The van der Waals surface area contributed by atoms with Gasteiger partial charge in [-0.25, -0.2) is 16.8 Å². The van der Waals surface area contributed by atoms with Gasteiger partial charge in [0.05, 0.1) is 15.8 Å². The standard InChI is InChI=1S/C27H33ClN4O7S3/c1-19-6-9-22(10-7-19)41(36,37)18-25(33)29-16-20-4-2-14-32(20)26(34)17-31-13-3-5-23(27(31)35)30-42(38,39)15-12-21-8-11-24(28)40-21/h6-12,15,20,23,30H,2-5,13-14,16-18H2,1H3,(H,29,33)/t20-,23+/m1/s1. The number of hydrogen-bond donors (Lipinski definition) is 2. The highest BCUT2D eigenvalue weighted by atomic mass is 35.5. The molecule has 3 amide bonds. The quantitative estimate of drug-likeness (QED) is 0.376. The van der Waals surface area contributed by atoms with Crippen molar-refractivity contribution in [1.82, 2.24) is 19.8 Å². The number of nitrogens with zero attached hydrogens (tertiary/aromatic N) is 2. The number of sulfone groups is 1. The van der Waals surface area contributed by atoms with Crippen molar-refractivity contribution in [3.63, 3.8) is 0 Å². The number of piperidine rings is 1. The number of carbonyl (C=O) groups is 3. The highest BCUT2D eigenvalue weighted by Gasteiger charge is 2.35. The topological polar surface area (TPSA) is 150 Å². The molecule has 228 valence electrons. The fraction of sp³-hybridized carbons (Fsp3) is 0.444. The van der Waals surface area contributed by atoms with Crippen LogP contribution in [0.1, 0.15) is 36.1 Å². The second-order valence-electron chi connectivity index (χ2n) is 10.3. The number of nitrogens with one attached hydrogen (secondary N) is 2. The minimum absolute atomic E-state index is 0.0659. The Balaban J connectivity index is 1.29. The predicted molar refractivity (Wildman–Crippen MR) is 161 cm³/mol. The molecule has 11 nitrogen and oxygen atoms in total. The fourth-order valence-corrected chi connectivity index (χ4v) is 8.17. The summed E-state index contributed by atoms with van der Waals surface area (Å²) in [7, 11) is -7.73. The summed E-state index contributed by atoms with van der Waals surface area (Å²) in [5.74, 6) is -2.15. The largest absolute Gasteiger partial charge is 0.353 e. The molecule has 0 bridgehead atoms. The summed E-state index contributed by atoms with van der Waals surface area (Å²) in [4.78, 5) is 42.4.